The maximum atomic E-state index is 12.1. The third-order valence-electron chi connectivity index (χ3n) is 2.62. The van der Waals surface area contributed by atoms with Crippen LogP contribution in [0.1, 0.15) is 20.1 Å². The van der Waals surface area contributed by atoms with E-state index in [2.05, 4.69) is 22.1 Å². The number of aromatic nitrogens is 1. The number of amides is 1. The van der Waals surface area contributed by atoms with Crippen molar-refractivity contribution in [2.24, 2.45) is 0 Å². The topological polar surface area (TPSA) is 71.5 Å². The molecule has 0 aliphatic rings. The fourth-order valence-corrected chi connectivity index (χ4v) is 2.48. The van der Waals surface area contributed by atoms with Crippen LogP contribution in [0.4, 0.5) is 0 Å². The monoisotopic (exact) mass is 302 g/mol. The average molecular weight is 302 g/mol. The van der Waals surface area contributed by atoms with E-state index in [4.69, 9.17) is 9.84 Å². The summed E-state index contributed by atoms with van der Waals surface area (Å²) in [4.78, 5) is 17.9. The van der Waals surface area contributed by atoms with Gasteiger partial charge in [0.15, 0.2) is 0 Å². The van der Waals surface area contributed by atoms with Crippen molar-refractivity contribution in [2.75, 3.05) is 13.7 Å². The van der Waals surface area contributed by atoms with E-state index in [1.165, 1.54) is 24.6 Å². The minimum Gasteiger partial charge on any atom is -0.494 e. The summed E-state index contributed by atoms with van der Waals surface area (Å²) in [7, 11) is 1.50. The van der Waals surface area contributed by atoms with Crippen LogP contribution in [0.3, 0.4) is 0 Å². The number of thiophene rings is 1. The highest BCUT2D eigenvalue weighted by molar-refractivity contribution is 7.12. The van der Waals surface area contributed by atoms with E-state index in [9.17, 15) is 4.79 Å². The van der Waals surface area contributed by atoms with Crippen LogP contribution < -0.4 is 10.1 Å². The van der Waals surface area contributed by atoms with Crippen molar-refractivity contribution in [1.82, 2.24) is 10.3 Å². The number of ether oxygens (including phenoxy) is 1. The zero-order chi connectivity index (χ0) is 15.1. The van der Waals surface area contributed by atoms with Gasteiger partial charge in [-0.05, 0) is 18.2 Å². The first-order valence-corrected chi connectivity index (χ1v) is 7.01. The van der Waals surface area contributed by atoms with Crippen molar-refractivity contribution in [3.63, 3.8) is 0 Å². The molecule has 0 saturated carbocycles. The van der Waals surface area contributed by atoms with Gasteiger partial charge in [0.1, 0.15) is 12.4 Å². The SMILES string of the molecule is COc1cnccc1C(=O)NCc1ccc(C#CCO)s1. The Morgan fingerprint density at radius 1 is 1.48 bits per heavy atom. The van der Waals surface area contributed by atoms with Crippen LogP contribution in [-0.2, 0) is 6.54 Å². The molecule has 0 spiro atoms. The van der Waals surface area contributed by atoms with Gasteiger partial charge in [-0.15, -0.1) is 11.3 Å². The predicted molar refractivity (Wildman–Crippen MR) is 80.2 cm³/mol. The Labute approximate surface area is 126 Å². The van der Waals surface area contributed by atoms with Gasteiger partial charge in [-0.25, -0.2) is 0 Å². The highest BCUT2D eigenvalue weighted by Gasteiger charge is 2.11. The van der Waals surface area contributed by atoms with Gasteiger partial charge in [0.2, 0.25) is 0 Å². The fraction of sp³-hybridized carbons (Fsp3) is 0.200. The zero-order valence-corrected chi connectivity index (χ0v) is 12.2. The number of nitrogens with zero attached hydrogens (tertiary/aromatic N) is 1. The molecule has 108 valence electrons. The first kappa shape index (κ1) is 15.0. The summed E-state index contributed by atoms with van der Waals surface area (Å²) < 4.78 is 5.10. The number of pyridine rings is 1. The van der Waals surface area contributed by atoms with E-state index in [1.54, 1.807) is 12.3 Å². The molecule has 0 atom stereocenters. The zero-order valence-electron chi connectivity index (χ0n) is 11.4. The standard InChI is InChI=1S/C15H14N2O3S/c1-20-14-10-16-7-6-13(14)15(19)17-9-12-5-4-11(21-12)3-2-8-18/h4-7,10,18H,8-9H2,1H3,(H,17,19). The molecule has 0 aliphatic heterocycles. The maximum Gasteiger partial charge on any atom is 0.255 e. The number of carbonyl (C=O) groups is 1. The van der Waals surface area contributed by atoms with Crippen molar-refractivity contribution in [1.29, 1.82) is 0 Å². The summed E-state index contributed by atoms with van der Waals surface area (Å²) in [6.07, 6.45) is 3.05. The molecule has 0 saturated heterocycles. The lowest BCUT2D eigenvalue weighted by atomic mass is 10.2. The second-order valence-corrected chi connectivity index (χ2v) is 5.15. The Balaban J connectivity index is 1.99. The lowest BCUT2D eigenvalue weighted by Crippen LogP contribution is -2.22. The second kappa shape index (κ2) is 7.43. The number of carbonyl (C=O) groups excluding carboxylic acids is 1. The minimum absolute atomic E-state index is 0.161. The first-order valence-electron chi connectivity index (χ1n) is 6.19. The van der Waals surface area contributed by atoms with Crippen LogP contribution >= 0.6 is 11.3 Å². The summed E-state index contributed by atoms with van der Waals surface area (Å²) in [5.74, 6) is 5.64. The van der Waals surface area contributed by atoms with Gasteiger partial charge in [0.05, 0.1) is 30.3 Å². The molecule has 6 heteroatoms. The van der Waals surface area contributed by atoms with Gasteiger partial charge < -0.3 is 15.2 Å². The third kappa shape index (κ3) is 4.05. The van der Waals surface area contributed by atoms with Crippen LogP contribution in [-0.4, -0.2) is 29.7 Å². The number of aliphatic hydroxyl groups excluding tert-OH is 1. The number of hydrogen-bond acceptors (Lipinski definition) is 5. The van der Waals surface area contributed by atoms with Gasteiger partial charge in [0, 0.05) is 11.1 Å². The van der Waals surface area contributed by atoms with E-state index in [-0.39, 0.29) is 12.5 Å². The number of nitrogens with one attached hydrogen (secondary N) is 1. The van der Waals surface area contributed by atoms with Crippen LogP contribution in [0.2, 0.25) is 0 Å². The number of rotatable bonds is 4. The molecule has 2 N–H and O–H groups in total. The smallest absolute Gasteiger partial charge is 0.255 e. The molecule has 2 aromatic rings. The minimum atomic E-state index is -0.217. The second-order valence-electron chi connectivity index (χ2n) is 3.98. The lowest BCUT2D eigenvalue weighted by Gasteiger charge is -2.07. The molecule has 0 fully saturated rings. The van der Waals surface area contributed by atoms with Gasteiger partial charge >= 0.3 is 0 Å². The molecule has 0 radical (unpaired) electrons. The van der Waals surface area contributed by atoms with E-state index in [0.717, 1.165) is 9.75 Å². The summed E-state index contributed by atoms with van der Waals surface area (Å²) >= 11 is 1.48. The van der Waals surface area contributed by atoms with Crippen molar-refractivity contribution < 1.29 is 14.6 Å². The first-order chi connectivity index (χ1) is 10.2. The third-order valence-corrected chi connectivity index (χ3v) is 3.63. The van der Waals surface area contributed by atoms with E-state index >= 15 is 0 Å². The molecule has 2 rings (SSSR count). The summed E-state index contributed by atoms with van der Waals surface area (Å²) in [6, 6.07) is 5.37. The molecule has 2 heterocycles. The molecular formula is C15H14N2O3S. The number of methoxy groups -OCH3 is 1. The molecule has 0 bridgehead atoms. The van der Waals surface area contributed by atoms with Crippen molar-refractivity contribution >= 4 is 17.2 Å². The average Bonchev–Trinajstić information content (AvgIpc) is 2.98. The van der Waals surface area contributed by atoms with E-state index in [1.807, 2.05) is 12.1 Å². The van der Waals surface area contributed by atoms with E-state index in [0.29, 0.717) is 17.9 Å². The molecule has 0 aromatic carbocycles. The Morgan fingerprint density at radius 2 is 2.33 bits per heavy atom. The highest BCUT2D eigenvalue weighted by atomic mass is 32.1. The molecule has 1 amide bonds. The molecule has 5 nitrogen and oxygen atoms in total. The Kier molecular flexibility index (Phi) is 5.32. The van der Waals surface area contributed by atoms with Crippen molar-refractivity contribution in [3.8, 4) is 17.6 Å². The molecule has 2 aromatic heterocycles. The number of hydrogen-bond donors (Lipinski definition) is 2. The predicted octanol–water partition coefficient (Wildman–Crippen LogP) is 1.43. The van der Waals surface area contributed by atoms with Gasteiger partial charge in [-0.2, -0.15) is 0 Å². The largest absolute Gasteiger partial charge is 0.494 e. The fourth-order valence-electron chi connectivity index (χ4n) is 1.66. The molecule has 0 aliphatic carbocycles. The van der Waals surface area contributed by atoms with Crippen molar-refractivity contribution in [2.45, 2.75) is 6.54 Å². The quantitative estimate of drug-likeness (QED) is 0.838. The summed E-state index contributed by atoms with van der Waals surface area (Å²) in [5, 5.41) is 11.5. The maximum absolute atomic E-state index is 12.1. The van der Waals surface area contributed by atoms with Crippen molar-refractivity contribution in [3.05, 3.63) is 45.9 Å². The summed E-state index contributed by atoms with van der Waals surface area (Å²) in [6.45, 7) is 0.252. The van der Waals surface area contributed by atoms with Crippen LogP contribution in [0.25, 0.3) is 0 Å². The Hall–Kier alpha value is -2.36. The molecular weight excluding hydrogens is 288 g/mol. The Bertz CT molecular complexity index is 685. The van der Waals surface area contributed by atoms with Gasteiger partial charge in [-0.3, -0.25) is 9.78 Å². The van der Waals surface area contributed by atoms with E-state index < -0.39 is 0 Å². The lowest BCUT2D eigenvalue weighted by molar-refractivity contribution is 0.0948. The number of aliphatic hydroxyl groups is 1. The van der Waals surface area contributed by atoms with Crippen LogP contribution in [0.5, 0.6) is 5.75 Å². The normalized spacial score (nSPS) is 9.62. The highest BCUT2D eigenvalue weighted by Crippen LogP contribution is 2.17. The van der Waals surface area contributed by atoms with Gasteiger partial charge in [-0.1, -0.05) is 11.8 Å². The Morgan fingerprint density at radius 3 is 3.10 bits per heavy atom. The van der Waals surface area contributed by atoms with Crippen LogP contribution in [0, 0.1) is 11.8 Å². The molecule has 21 heavy (non-hydrogen) atoms. The van der Waals surface area contributed by atoms with Gasteiger partial charge in [0.25, 0.3) is 5.91 Å². The summed E-state index contributed by atoms with van der Waals surface area (Å²) in [5.41, 5.74) is 0.448. The van der Waals surface area contributed by atoms with Crippen LogP contribution in [0.15, 0.2) is 30.6 Å². The molecule has 0 unspecified atom stereocenters.